The average Bonchev–Trinajstić information content (AvgIpc) is 2.68. The molecule has 0 amide bonds. The monoisotopic (exact) mass is 357 g/mol. The van der Waals surface area contributed by atoms with Gasteiger partial charge in [-0.05, 0) is 70.7 Å². The van der Waals surface area contributed by atoms with E-state index >= 15 is 0 Å². The smallest absolute Gasteiger partial charge is 0.115 e. The van der Waals surface area contributed by atoms with Crippen LogP contribution in [0.1, 0.15) is 29.5 Å². The zero-order chi connectivity index (χ0) is 19.2. The predicted molar refractivity (Wildman–Crippen MR) is 105 cm³/mol. The predicted octanol–water partition coefficient (Wildman–Crippen LogP) is 5.07. The van der Waals surface area contributed by atoms with Gasteiger partial charge in [0, 0.05) is 6.42 Å². The Hall–Kier alpha value is -3.71. The highest BCUT2D eigenvalue weighted by Crippen LogP contribution is 2.36. The van der Waals surface area contributed by atoms with Crippen molar-refractivity contribution in [2.45, 2.75) is 12.8 Å². The highest BCUT2D eigenvalue weighted by atomic mass is 16.3. The molecular weight excluding hydrogens is 338 g/mol. The van der Waals surface area contributed by atoms with Gasteiger partial charge in [-0.15, -0.1) is 0 Å². The zero-order valence-electron chi connectivity index (χ0n) is 14.6. The van der Waals surface area contributed by atoms with Crippen LogP contribution in [0.15, 0.2) is 72.8 Å². The number of phenols is 3. The number of hydrogen-bond donors (Lipinski definition) is 3. The van der Waals surface area contributed by atoms with Gasteiger partial charge in [0.2, 0.25) is 0 Å². The van der Waals surface area contributed by atoms with Gasteiger partial charge in [0.05, 0.1) is 6.07 Å². The molecule has 3 N–H and O–H groups in total. The van der Waals surface area contributed by atoms with Gasteiger partial charge in [-0.1, -0.05) is 36.4 Å². The molecule has 0 radical (unpaired) electrons. The zero-order valence-corrected chi connectivity index (χ0v) is 14.6. The lowest BCUT2D eigenvalue weighted by atomic mass is 9.87. The maximum absolute atomic E-state index is 9.65. The minimum atomic E-state index is 0.173. The Morgan fingerprint density at radius 3 is 1.37 bits per heavy atom. The molecular formula is C23H19NO3. The lowest BCUT2D eigenvalue weighted by molar-refractivity contribution is 0.474. The van der Waals surface area contributed by atoms with E-state index in [1.54, 1.807) is 36.4 Å². The molecule has 0 fully saturated rings. The average molecular weight is 357 g/mol. The quantitative estimate of drug-likeness (QED) is 0.557. The second kappa shape index (κ2) is 8.11. The minimum absolute atomic E-state index is 0.173. The Morgan fingerprint density at radius 1 is 0.630 bits per heavy atom. The van der Waals surface area contributed by atoms with E-state index in [2.05, 4.69) is 6.07 Å². The first-order chi connectivity index (χ1) is 13.1. The molecule has 0 bridgehead atoms. The topological polar surface area (TPSA) is 84.5 Å². The van der Waals surface area contributed by atoms with Gasteiger partial charge in [-0.3, -0.25) is 0 Å². The normalized spacial score (nSPS) is 10.2. The van der Waals surface area contributed by atoms with Crippen LogP contribution >= 0.6 is 0 Å². The standard InChI is InChI=1S/C23H19NO3/c24-15-1-2-22(16-3-9-19(25)10-4-16)23(17-5-11-20(26)12-6-17)18-7-13-21(27)14-8-18/h3-14,25-27H,1-2H2. The van der Waals surface area contributed by atoms with Crippen LogP contribution in [0.5, 0.6) is 17.2 Å². The van der Waals surface area contributed by atoms with Crippen molar-refractivity contribution < 1.29 is 15.3 Å². The molecule has 3 aromatic rings. The molecule has 134 valence electrons. The third-order valence-corrected chi connectivity index (χ3v) is 4.32. The summed E-state index contributed by atoms with van der Waals surface area (Å²) in [5, 5.41) is 38.1. The number of nitriles is 1. The minimum Gasteiger partial charge on any atom is -0.508 e. The molecule has 0 saturated carbocycles. The lowest BCUT2D eigenvalue weighted by Gasteiger charge is -2.17. The molecule has 0 aliphatic heterocycles. The van der Waals surface area contributed by atoms with Crippen molar-refractivity contribution >= 4 is 11.1 Å². The van der Waals surface area contributed by atoms with Gasteiger partial charge >= 0.3 is 0 Å². The van der Waals surface area contributed by atoms with Crippen molar-refractivity contribution in [1.82, 2.24) is 0 Å². The van der Waals surface area contributed by atoms with Crippen LogP contribution in [0.4, 0.5) is 0 Å². The first-order valence-corrected chi connectivity index (χ1v) is 8.57. The fraction of sp³-hybridized carbons (Fsp3) is 0.0870. The van der Waals surface area contributed by atoms with Crippen molar-refractivity contribution in [3.63, 3.8) is 0 Å². The second-order valence-corrected chi connectivity index (χ2v) is 6.15. The molecule has 4 nitrogen and oxygen atoms in total. The largest absolute Gasteiger partial charge is 0.508 e. The molecule has 0 spiro atoms. The van der Waals surface area contributed by atoms with E-state index < -0.39 is 0 Å². The van der Waals surface area contributed by atoms with Crippen molar-refractivity contribution in [3.05, 3.63) is 89.5 Å². The summed E-state index contributed by atoms with van der Waals surface area (Å²) < 4.78 is 0. The van der Waals surface area contributed by atoms with Crippen molar-refractivity contribution in [2.75, 3.05) is 0 Å². The van der Waals surface area contributed by atoms with Crippen LogP contribution in [0.3, 0.4) is 0 Å². The summed E-state index contributed by atoms with van der Waals surface area (Å²) in [5.74, 6) is 0.522. The van der Waals surface area contributed by atoms with E-state index in [0.29, 0.717) is 12.8 Å². The summed E-state index contributed by atoms with van der Waals surface area (Å²) in [6.45, 7) is 0. The van der Waals surface area contributed by atoms with E-state index in [0.717, 1.165) is 27.8 Å². The highest BCUT2D eigenvalue weighted by Gasteiger charge is 2.14. The Labute approximate surface area is 157 Å². The highest BCUT2D eigenvalue weighted by molar-refractivity contribution is 5.98. The Bertz CT molecular complexity index is 932. The first kappa shape index (κ1) is 18.1. The van der Waals surface area contributed by atoms with Crippen molar-refractivity contribution in [1.29, 1.82) is 5.26 Å². The summed E-state index contributed by atoms with van der Waals surface area (Å²) in [7, 11) is 0. The molecule has 27 heavy (non-hydrogen) atoms. The van der Waals surface area contributed by atoms with Crippen LogP contribution in [0, 0.1) is 11.3 Å². The van der Waals surface area contributed by atoms with Gasteiger partial charge < -0.3 is 15.3 Å². The van der Waals surface area contributed by atoms with Crippen LogP contribution in [0.2, 0.25) is 0 Å². The Kier molecular flexibility index (Phi) is 5.44. The van der Waals surface area contributed by atoms with E-state index in [1.807, 2.05) is 36.4 Å². The fourth-order valence-corrected chi connectivity index (χ4v) is 3.03. The van der Waals surface area contributed by atoms with Crippen LogP contribution in [0.25, 0.3) is 11.1 Å². The molecule has 0 aliphatic carbocycles. The molecule has 4 heteroatoms. The molecule has 0 atom stereocenters. The number of aromatic hydroxyl groups is 3. The second-order valence-electron chi connectivity index (χ2n) is 6.15. The SMILES string of the molecule is N#CCCC(=C(c1ccc(O)cc1)c1ccc(O)cc1)c1ccc(O)cc1. The molecule has 0 heterocycles. The summed E-state index contributed by atoms with van der Waals surface area (Å²) in [5.41, 5.74) is 4.54. The molecule has 3 aromatic carbocycles. The maximum atomic E-state index is 9.65. The van der Waals surface area contributed by atoms with Crippen LogP contribution < -0.4 is 0 Å². The van der Waals surface area contributed by atoms with Crippen LogP contribution in [-0.4, -0.2) is 15.3 Å². The number of phenolic OH excluding ortho intramolecular Hbond substituents is 3. The van der Waals surface area contributed by atoms with E-state index in [-0.39, 0.29) is 17.2 Å². The number of benzene rings is 3. The summed E-state index contributed by atoms with van der Waals surface area (Å²) in [6.07, 6.45) is 0.869. The molecule has 0 aliphatic rings. The van der Waals surface area contributed by atoms with E-state index in [4.69, 9.17) is 5.26 Å². The molecule has 0 saturated heterocycles. The third kappa shape index (κ3) is 4.28. The molecule has 3 rings (SSSR count). The van der Waals surface area contributed by atoms with Gasteiger partial charge in [-0.2, -0.15) is 5.26 Å². The fourth-order valence-electron chi connectivity index (χ4n) is 3.03. The Balaban J connectivity index is 2.27. The first-order valence-electron chi connectivity index (χ1n) is 8.57. The van der Waals surface area contributed by atoms with Crippen molar-refractivity contribution in [3.8, 4) is 23.3 Å². The summed E-state index contributed by atoms with van der Waals surface area (Å²) >= 11 is 0. The van der Waals surface area contributed by atoms with E-state index in [9.17, 15) is 15.3 Å². The number of hydrogen-bond acceptors (Lipinski definition) is 4. The van der Waals surface area contributed by atoms with Gasteiger partial charge in [0.1, 0.15) is 17.2 Å². The summed E-state index contributed by atoms with van der Waals surface area (Å²) in [6, 6.07) is 22.8. The number of allylic oxidation sites excluding steroid dienone is 1. The van der Waals surface area contributed by atoms with Crippen molar-refractivity contribution in [2.24, 2.45) is 0 Å². The van der Waals surface area contributed by atoms with E-state index in [1.165, 1.54) is 0 Å². The van der Waals surface area contributed by atoms with Gasteiger partial charge in [0.25, 0.3) is 0 Å². The number of nitrogens with zero attached hydrogens (tertiary/aromatic N) is 1. The van der Waals surface area contributed by atoms with Crippen LogP contribution in [-0.2, 0) is 0 Å². The van der Waals surface area contributed by atoms with Gasteiger partial charge in [0.15, 0.2) is 0 Å². The number of rotatable bonds is 5. The summed E-state index contributed by atoms with van der Waals surface area (Å²) in [4.78, 5) is 0. The molecule has 0 aromatic heterocycles. The molecule has 0 unspecified atom stereocenters. The lowest BCUT2D eigenvalue weighted by Crippen LogP contribution is -1.96. The van der Waals surface area contributed by atoms with Gasteiger partial charge in [-0.25, -0.2) is 0 Å². The maximum Gasteiger partial charge on any atom is 0.115 e. The Morgan fingerprint density at radius 2 is 1.00 bits per heavy atom. The third-order valence-electron chi connectivity index (χ3n) is 4.32.